The summed E-state index contributed by atoms with van der Waals surface area (Å²) in [6.45, 7) is 5.06. The van der Waals surface area contributed by atoms with Gasteiger partial charge in [0.15, 0.2) is 23.3 Å². The fourth-order valence-electron chi connectivity index (χ4n) is 6.43. The van der Waals surface area contributed by atoms with E-state index in [0.29, 0.717) is 62.5 Å². The van der Waals surface area contributed by atoms with Gasteiger partial charge in [0.1, 0.15) is 5.60 Å². The number of amides is 2. The van der Waals surface area contributed by atoms with Gasteiger partial charge >= 0.3 is 6.03 Å². The topological polar surface area (TPSA) is 105 Å². The number of H-pyrrole nitrogens is 1. The molecular weight excluding hydrogens is 554 g/mol. The van der Waals surface area contributed by atoms with Crippen molar-refractivity contribution >= 4 is 16.9 Å². The molecule has 43 heavy (non-hydrogen) atoms. The van der Waals surface area contributed by atoms with Gasteiger partial charge in [0.25, 0.3) is 5.56 Å². The SMILES string of the molecule is COC(C)(C)c1nnc2n1C[C@H](c1cccc(F)c1F)CC[C@H]2NC(=O)N1CCC(c2cc3ccccc3[nH]c2=O)CC1. The first kappa shape index (κ1) is 29.0. The number of carbonyl (C=O) groups is 1. The largest absolute Gasteiger partial charge is 0.371 e. The van der Waals surface area contributed by atoms with E-state index in [0.717, 1.165) is 22.5 Å². The summed E-state index contributed by atoms with van der Waals surface area (Å²) >= 11 is 0. The molecule has 2 N–H and O–H groups in total. The molecule has 1 fully saturated rings. The van der Waals surface area contributed by atoms with Crippen LogP contribution in [0.4, 0.5) is 13.6 Å². The number of likely N-dealkylation sites (tertiary alicyclic amines) is 1. The lowest BCUT2D eigenvalue weighted by atomic mass is 9.89. The van der Waals surface area contributed by atoms with Crippen LogP contribution in [0.3, 0.4) is 0 Å². The minimum atomic E-state index is -0.887. The lowest BCUT2D eigenvalue weighted by Crippen LogP contribution is -2.46. The van der Waals surface area contributed by atoms with Crippen molar-refractivity contribution in [3.05, 3.63) is 93.3 Å². The van der Waals surface area contributed by atoms with Crippen LogP contribution < -0.4 is 10.9 Å². The number of pyridine rings is 1. The zero-order chi connectivity index (χ0) is 30.3. The number of halogens is 2. The van der Waals surface area contributed by atoms with E-state index >= 15 is 0 Å². The fourth-order valence-corrected chi connectivity index (χ4v) is 6.43. The molecule has 226 valence electrons. The maximum Gasteiger partial charge on any atom is 0.317 e. The van der Waals surface area contributed by atoms with E-state index in [2.05, 4.69) is 20.5 Å². The molecule has 0 spiro atoms. The number of nitrogens with zero attached hydrogens (tertiary/aromatic N) is 4. The Hall–Kier alpha value is -4.12. The Morgan fingerprint density at radius 2 is 1.77 bits per heavy atom. The van der Waals surface area contributed by atoms with Crippen LogP contribution >= 0.6 is 0 Å². The number of carbonyl (C=O) groups excluding carboxylic acids is 1. The van der Waals surface area contributed by atoms with E-state index in [1.54, 1.807) is 18.1 Å². The number of piperidine rings is 1. The lowest BCUT2D eigenvalue weighted by molar-refractivity contribution is 0.00785. The molecule has 2 atom stereocenters. The summed E-state index contributed by atoms with van der Waals surface area (Å²) in [5, 5.41) is 13.0. The number of aromatic amines is 1. The second kappa shape index (κ2) is 11.5. The van der Waals surface area contributed by atoms with Crippen molar-refractivity contribution in [3.63, 3.8) is 0 Å². The predicted octanol–water partition coefficient (Wildman–Crippen LogP) is 5.49. The Balaban J connectivity index is 1.20. The maximum absolute atomic E-state index is 14.9. The molecule has 2 aliphatic heterocycles. The average Bonchev–Trinajstić information content (AvgIpc) is 3.36. The van der Waals surface area contributed by atoms with Crippen LogP contribution in [0.15, 0.2) is 53.3 Å². The van der Waals surface area contributed by atoms with Crippen LogP contribution in [-0.4, -0.2) is 50.9 Å². The van der Waals surface area contributed by atoms with Crippen LogP contribution in [0.25, 0.3) is 10.9 Å². The molecule has 2 aromatic carbocycles. The molecule has 1 saturated heterocycles. The second-order valence-corrected chi connectivity index (χ2v) is 12.0. The van der Waals surface area contributed by atoms with Crippen molar-refractivity contribution in [1.82, 2.24) is 30.0 Å². The van der Waals surface area contributed by atoms with E-state index in [1.165, 1.54) is 6.07 Å². The first-order valence-corrected chi connectivity index (χ1v) is 14.8. The molecule has 2 aliphatic rings. The number of methoxy groups -OCH3 is 1. The monoisotopic (exact) mass is 590 g/mol. The van der Waals surface area contributed by atoms with E-state index in [9.17, 15) is 18.4 Å². The number of fused-ring (bicyclic) bond motifs is 2. The Labute approximate surface area is 248 Å². The molecular formula is C32H36F2N6O3. The number of urea groups is 1. The first-order valence-electron chi connectivity index (χ1n) is 14.8. The highest BCUT2D eigenvalue weighted by Gasteiger charge is 2.36. The number of hydrogen-bond donors (Lipinski definition) is 2. The van der Waals surface area contributed by atoms with Crippen molar-refractivity contribution in [2.45, 2.75) is 69.6 Å². The van der Waals surface area contributed by atoms with Crippen molar-refractivity contribution < 1.29 is 18.3 Å². The molecule has 2 amide bonds. The Morgan fingerprint density at radius 3 is 2.53 bits per heavy atom. The quantitative estimate of drug-likeness (QED) is 0.320. The number of hydrogen-bond acceptors (Lipinski definition) is 5. The highest BCUT2D eigenvalue weighted by molar-refractivity contribution is 5.79. The zero-order valence-corrected chi connectivity index (χ0v) is 24.6. The van der Waals surface area contributed by atoms with Crippen LogP contribution in [0.1, 0.15) is 80.2 Å². The van der Waals surface area contributed by atoms with Gasteiger partial charge in [-0.15, -0.1) is 10.2 Å². The standard InChI is InChI=1S/C32H36F2N6O3/c1-32(2,43-3)30-38-37-28-26(12-11-21(18-40(28)30)22-8-6-9-24(33)27(22)34)36-31(42)39-15-13-19(14-16-39)23-17-20-7-4-5-10-25(20)35-29(23)41/h4-10,17,19,21,26H,11-16,18H2,1-3H3,(H,35,41)(H,36,42)/t21-,26-/m1/s1. The van der Waals surface area contributed by atoms with Gasteiger partial charge in [-0.2, -0.15) is 0 Å². The van der Waals surface area contributed by atoms with E-state index in [-0.39, 0.29) is 23.4 Å². The normalized spacial score (nSPS) is 19.7. The molecule has 11 heteroatoms. The molecule has 0 unspecified atom stereocenters. The minimum Gasteiger partial charge on any atom is -0.371 e. The number of para-hydroxylation sites is 1. The number of benzene rings is 2. The van der Waals surface area contributed by atoms with Gasteiger partial charge in [0.05, 0.1) is 6.04 Å². The molecule has 4 heterocycles. The molecule has 9 nitrogen and oxygen atoms in total. The highest BCUT2D eigenvalue weighted by atomic mass is 19.2. The average molecular weight is 591 g/mol. The number of aromatic nitrogens is 4. The predicted molar refractivity (Wildman–Crippen MR) is 158 cm³/mol. The van der Waals surface area contributed by atoms with E-state index in [4.69, 9.17) is 4.74 Å². The van der Waals surface area contributed by atoms with Gasteiger partial charge in [0, 0.05) is 43.7 Å². The Kier molecular flexibility index (Phi) is 7.76. The van der Waals surface area contributed by atoms with Gasteiger partial charge < -0.3 is 24.5 Å². The van der Waals surface area contributed by atoms with Crippen LogP contribution in [-0.2, 0) is 16.9 Å². The van der Waals surface area contributed by atoms with Gasteiger partial charge in [-0.1, -0.05) is 30.3 Å². The van der Waals surface area contributed by atoms with Crippen molar-refractivity contribution in [2.75, 3.05) is 20.2 Å². The van der Waals surface area contributed by atoms with Gasteiger partial charge in [0.2, 0.25) is 0 Å². The summed E-state index contributed by atoms with van der Waals surface area (Å²) in [6, 6.07) is 13.2. The molecule has 4 aromatic rings. The molecule has 2 aromatic heterocycles. The smallest absolute Gasteiger partial charge is 0.317 e. The third kappa shape index (κ3) is 5.53. The first-order chi connectivity index (χ1) is 20.7. The van der Waals surface area contributed by atoms with Crippen LogP contribution in [0.2, 0.25) is 0 Å². The van der Waals surface area contributed by atoms with Gasteiger partial charge in [-0.3, -0.25) is 4.79 Å². The highest BCUT2D eigenvalue weighted by Crippen LogP contribution is 2.37. The van der Waals surface area contributed by atoms with Crippen LogP contribution in [0.5, 0.6) is 0 Å². The summed E-state index contributed by atoms with van der Waals surface area (Å²) < 4.78 is 36.6. The van der Waals surface area contributed by atoms with E-state index in [1.807, 2.05) is 48.7 Å². The molecule has 0 aliphatic carbocycles. The summed E-state index contributed by atoms with van der Waals surface area (Å²) in [6.07, 6.45) is 2.32. The van der Waals surface area contributed by atoms with Crippen LogP contribution in [0, 0.1) is 11.6 Å². The van der Waals surface area contributed by atoms with Crippen molar-refractivity contribution in [2.24, 2.45) is 0 Å². The molecule has 0 bridgehead atoms. The number of ether oxygens (including phenoxy) is 1. The maximum atomic E-state index is 14.9. The second-order valence-electron chi connectivity index (χ2n) is 12.0. The zero-order valence-electron chi connectivity index (χ0n) is 24.6. The third-order valence-electron chi connectivity index (χ3n) is 9.07. The van der Waals surface area contributed by atoms with Gasteiger partial charge in [-0.25, -0.2) is 13.6 Å². The molecule has 0 saturated carbocycles. The Morgan fingerprint density at radius 1 is 1.00 bits per heavy atom. The molecule has 0 radical (unpaired) electrons. The molecule has 6 rings (SSSR count). The summed E-state index contributed by atoms with van der Waals surface area (Å²) in [5.41, 5.74) is 0.970. The number of nitrogens with one attached hydrogen (secondary N) is 2. The van der Waals surface area contributed by atoms with E-state index < -0.39 is 23.3 Å². The summed E-state index contributed by atoms with van der Waals surface area (Å²) in [4.78, 5) is 31.1. The Bertz CT molecular complexity index is 1710. The van der Waals surface area contributed by atoms with Crippen molar-refractivity contribution in [3.8, 4) is 0 Å². The number of rotatable bonds is 5. The third-order valence-corrected chi connectivity index (χ3v) is 9.07. The van der Waals surface area contributed by atoms with Crippen molar-refractivity contribution in [1.29, 1.82) is 0 Å². The fraction of sp³-hybridized carbons (Fsp3) is 0.438. The lowest BCUT2D eigenvalue weighted by Gasteiger charge is -2.33. The van der Waals surface area contributed by atoms with Gasteiger partial charge in [-0.05, 0) is 74.6 Å². The minimum absolute atomic E-state index is 0.0548. The summed E-state index contributed by atoms with van der Waals surface area (Å²) in [5.74, 6) is -0.930. The summed E-state index contributed by atoms with van der Waals surface area (Å²) in [7, 11) is 1.58.